The molecular formula is C27H26N2O5. The summed E-state index contributed by atoms with van der Waals surface area (Å²) in [5, 5.41) is 2.88. The lowest BCUT2D eigenvalue weighted by atomic mass is 10.1. The van der Waals surface area contributed by atoms with Crippen LogP contribution in [-0.2, 0) is 6.54 Å². The third-order valence-corrected chi connectivity index (χ3v) is 5.63. The molecule has 7 heteroatoms. The number of ether oxygens (including phenoxy) is 2. The Morgan fingerprint density at radius 1 is 0.941 bits per heavy atom. The van der Waals surface area contributed by atoms with Crippen LogP contribution in [0, 0.1) is 0 Å². The minimum Gasteiger partial charge on any atom is -0.497 e. The number of unbranched alkanes of at least 4 members (excludes halogenated alkanes) is 1. The Kier molecular flexibility index (Phi) is 6.92. The summed E-state index contributed by atoms with van der Waals surface area (Å²) in [6.45, 7) is 2.77. The predicted molar refractivity (Wildman–Crippen MR) is 128 cm³/mol. The van der Waals surface area contributed by atoms with Gasteiger partial charge in [-0.2, -0.15) is 0 Å². The van der Waals surface area contributed by atoms with Crippen molar-refractivity contribution in [1.29, 1.82) is 0 Å². The minimum absolute atomic E-state index is 0.138. The van der Waals surface area contributed by atoms with Crippen LogP contribution in [0.2, 0.25) is 0 Å². The van der Waals surface area contributed by atoms with Crippen LogP contribution in [0.5, 0.6) is 11.5 Å². The number of amides is 3. The molecule has 0 aromatic heterocycles. The standard InChI is InChI=1S/C27H26N2O5/c1-3-4-15-34-24-14-13-20(33-2)16-23(24)28-25(30)19-11-9-18(10-12-19)17-29-26(31)21-7-5-6-8-22(21)27(29)32/h5-14,16H,3-4,15,17H2,1-2H3,(H,28,30). The predicted octanol–water partition coefficient (Wildman–Crippen LogP) is 4.92. The summed E-state index contributed by atoms with van der Waals surface area (Å²) in [4.78, 5) is 39.3. The monoisotopic (exact) mass is 458 g/mol. The van der Waals surface area contributed by atoms with Crippen LogP contribution in [0.1, 0.15) is 56.4 Å². The van der Waals surface area contributed by atoms with Crippen LogP contribution >= 0.6 is 0 Å². The largest absolute Gasteiger partial charge is 0.497 e. The van der Waals surface area contributed by atoms with E-state index in [9.17, 15) is 14.4 Å². The minimum atomic E-state index is -0.309. The van der Waals surface area contributed by atoms with E-state index in [0.29, 0.717) is 40.5 Å². The number of imide groups is 1. The number of benzene rings is 3. The number of nitrogens with one attached hydrogen (secondary N) is 1. The fourth-order valence-corrected chi connectivity index (χ4v) is 3.71. The van der Waals surface area contributed by atoms with E-state index in [1.54, 1.807) is 73.8 Å². The Morgan fingerprint density at radius 3 is 2.24 bits per heavy atom. The Labute approximate surface area is 198 Å². The third-order valence-electron chi connectivity index (χ3n) is 5.63. The molecule has 0 unspecified atom stereocenters. The number of hydrogen-bond acceptors (Lipinski definition) is 5. The highest BCUT2D eigenvalue weighted by molar-refractivity contribution is 6.21. The van der Waals surface area contributed by atoms with Crippen LogP contribution in [0.25, 0.3) is 0 Å². The van der Waals surface area contributed by atoms with Crippen molar-refractivity contribution in [3.8, 4) is 11.5 Å². The Morgan fingerprint density at radius 2 is 1.62 bits per heavy atom. The van der Waals surface area contributed by atoms with Gasteiger partial charge in [0, 0.05) is 11.6 Å². The van der Waals surface area contributed by atoms with Gasteiger partial charge < -0.3 is 14.8 Å². The SMILES string of the molecule is CCCCOc1ccc(OC)cc1NC(=O)c1ccc(CN2C(=O)c3ccccc3C2=O)cc1. The first-order valence-corrected chi connectivity index (χ1v) is 11.2. The second-order valence-electron chi connectivity index (χ2n) is 7.96. The van der Waals surface area contributed by atoms with Gasteiger partial charge in [-0.1, -0.05) is 37.6 Å². The first-order valence-electron chi connectivity index (χ1n) is 11.2. The van der Waals surface area contributed by atoms with E-state index in [1.165, 1.54) is 4.90 Å². The maximum absolute atomic E-state index is 12.9. The summed E-state index contributed by atoms with van der Waals surface area (Å²) in [5.41, 5.74) is 2.54. The van der Waals surface area contributed by atoms with E-state index in [2.05, 4.69) is 12.2 Å². The maximum Gasteiger partial charge on any atom is 0.261 e. The van der Waals surface area contributed by atoms with Crippen molar-refractivity contribution in [2.75, 3.05) is 19.0 Å². The van der Waals surface area contributed by atoms with Crippen molar-refractivity contribution in [1.82, 2.24) is 4.90 Å². The number of fused-ring (bicyclic) bond motifs is 1. The third kappa shape index (κ3) is 4.78. The van der Waals surface area contributed by atoms with E-state index in [0.717, 1.165) is 18.4 Å². The van der Waals surface area contributed by atoms with Crippen LogP contribution < -0.4 is 14.8 Å². The number of nitrogens with zero attached hydrogens (tertiary/aromatic N) is 1. The Bertz CT molecular complexity index is 1180. The van der Waals surface area contributed by atoms with Crippen LogP contribution in [-0.4, -0.2) is 36.3 Å². The van der Waals surface area contributed by atoms with E-state index >= 15 is 0 Å². The van der Waals surface area contributed by atoms with Crippen molar-refractivity contribution in [2.45, 2.75) is 26.3 Å². The van der Waals surface area contributed by atoms with E-state index in [-0.39, 0.29) is 24.3 Å². The molecule has 0 fully saturated rings. The molecule has 0 atom stereocenters. The number of rotatable bonds is 9. The van der Waals surface area contributed by atoms with Gasteiger partial charge in [-0.15, -0.1) is 0 Å². The number of carbonyl (C=O) groups excluding carboxylic acids is 3. The van der Waals surface area contributed by atoms with Gasteiger partial charge in [0.05, 0.1) is 37.1 Å². The molecule has 3 aromatic carbocycles. The molecule has 0 bridgehead atoms. The number of methoxy groups -OCH3 is 1. The summed E-state index contributed by atoms with van der Waals surface area (Å²) < 4.78 is 11.1. The molecular weight excluding hydrogens is 432 g/mol. The molecule has 1 aliphatic heterocycles. The summed E-state index contributed by atoms with van der Waals surface area (Å²) >= 11 is 0. The van der Waals surface area contributed by atoms with E-state index in [1.807, 2.05) is 0 Å². The molecule has 3 aromatic rings. The van der Waals surface area contributed by atoms with Gasteiger partial charge in [0.1, 0.15) is 11.5 Å². The second-order valence-corrected chi connectivity index (χ2v) is 7.96. The summed E-state index contributed by atoms with van der Waals surface area (Å²) in [5.74, 6) is 0.257. The lowest BCUT2D eigenvalue weighted by molar-refractivity contribution is 0.0642. The fourth-order valence-electron chi connectivity index (χ4n) is 3.71. The van der Waals surface area contributed by atoms with Gasteiger partial charge in [0.2, 0.25) is 0 Å². The number of carbonyl (C=O) groups is 3. The highest BCUT2D eigenvalue weighted by atomic mass is 16.5. The quantitative estimate of drug-likeness (QED) is 0.363. The van der Waals surface area contributed by atoms with Gasteiger partial charge >= 0.3 is 0 Å². The zero-order chi connectivity index (χ0) is 24.1. The van der Waals surface area contributed by atoms with Gasteiger partial charge in [-0.3, -0.25) is 19.3 Å². The van der Waals surface area contributed by atoms with Crippen molar-refractivity contribution >= 4 is 23.4 Å². The van der Waals surface area contributed by atoms with Crippen molar-refractivity contribution in [3.05, 3.63) is 89.0 Å². The van der Waals surface area contributed by atoms with Crippen LogP contribution in [0.4, 0.5) is 5.69 Å². The lowest BCUT2D eigenvalue weighted by Crippen LogP contribution is -2.29. The lowest BCUT2D eigenvalue weighted by Gasteiger charge is -2.15. The molecule has 7 nitrogen and oxygen atoms in total. The average Bonchev–Trinajstić information content (AvgIpc) is 3.10. The summed E-state index contributed by atoms with van der Waals surface area (Å²) in [6, 6.07) is 18.9. The Balaban J connectivity index is 1.45. The van der Waals surface area contributed by atoms with Crippen molar-refractivity contribution in [2.24, 2.45) is 0 Å². The fraction of sp³-hybridized carbons (Fsp3) is 0.222. The molecule has 0 saturated carbocycles. The second kappa shape index (κ2) is 10.2. The van der Waals surface area contributed by atoms with Crippen molar-refractivity contribution in [3.63, 3.8) is 0 Å². The van der Waals surface area contributed by atoms with Gasteiger partial charge in [0.25, 0.3) is 17.7 Å². The summed E-state index contributed by atoms with van der Waals surface area (Å²) in [7, 11) is 1.56. The van der Waals surface area contributed by atoms with Gasteiger partial charge in [0.15, 0.2) is 0 Å². The average molecular weight is 459 g/mol. The molecule has 34 heavy (non-hydrogen) atoms. The van der Waals surface area contributed by atoms with Crippen LogP contribution in [0.15, 0.2) is 66.7 Å². The molecule has 0 aliphatic carbocycles. The first-order chi connectivity index (χ1) is 16.5. The zero-order valence-corrected chi connectivity index (χ0v) is 19.2. The highest BCUT2D eigenvalue weighted by Gasteiger charge is 2.34. The molecule has 1 N–H and O–H groups in total. The highest BCUT2D eigenvalue weighted by Crippen LogP contribution is 2.30. The normalized spacial score (nSPS) is 12.5. The maximum atomic E-state index is 12.9. The molecule has 0 radical (unpaired) electrons. The molecule has 3 amide bonds. The molecule has 0 spiro atoms. The van der Waals surface area contributed by atoms with Crippen molar-refractivity contribution < 1.29 is 23.9 Å². The summed E-state index contributed by atoms with van der Waals surface area (Å²) in [6.07, 6.45) is 1.92. The van der Waals surface area contributed by atoms with E-state index in [4.69, 9.17) is 9.47 Å². The van der Waals surface area contributed by atoms with Crippen LogP contribution in [0.3, 0.4) is 0 Å². The Hall–Kier alpha value is -4.13. The molecule has 4 rings (SSSR count). The number of hydrogen-bond donors (Lipinski definition) is 1. The van der Waals surface area contributed by atoms with Gasteiger partial charge in [-0.05, 0) is 48.4 Å². The topological polar surface area (TPSA) is 84.9 Å². The molecule has 1 heterocycles. The smallest absolute Gasteiger partial charge is 0.261 e. The van der Waals surface area contributed by atoms with E-state index < -0.39 is 0 Å². The molecule has 0 saturated heterocycles. The number of anilines is 1. The molecule has 1 aliphatic rings. The zero-order valence-electron chi connectivity index (χ0n) is 19.2. The first kappa shape index (κ1) is 23.0. The molecule has 174 valence electrons. The van der Waals surface area contributed by atoms with Gasteiger partial charge in [-0.25, -0.2) is 0 Å².